The lowest BCUT2D eigenvalue weighted by atomic mass is 9.98. The van der Waals surface area contributed by atoms with E-state index < -0.39 is 0 Å². The Morgan fingerprint density at radius 1 is 1.15 bits per heavy atom. The summed E-state index contributed by atoms with van der Waals surface area (Å²) in [6.07, 6.45) is 4.37. The highest BCUT2D eigenvalue weighted by atomic mass is 35.5. The quantitative estimate of drug-likeness (QED) is 0.855. The van der Waals surface area contributed by atoms with E-state index in [1.54, 1.807) is 4.57 Å². The molecule has 1 aromatic carbocycles. The van der Waals surface area contributed by atoms with E-state index in [1.165, 1.54) is 17.4 Å². The Bertz CT molecular complexity index is 833. The number of fused-ring (bicyclic) bond motifs is 3. The summed E-state index contributed by atoms with van der Waals surface area (Å²) in [5.41, 5.74) is 1.23. The number of para-hydroxylation sites is 2. The van der Waals surface area contributed by atoms with Crippen LogP contribution in [0.1, 0.15) is 32.6 Å². The zero-order valence-electron chi connectivity index (χ0n) is 15.1. The first-order valence-electron chi connectivity index (χ1n) is 8.83. The number of nitrogens with zero attached hydrogens (tertiary/aromatic N) is 3. The predicted molar refractivity (Wildman–Crippen MR) is 104 cm³/mol. The fourth-order valence-electron chi connectivity index (χ4n) is 4.48. The Labute approximate surface area is 158 Å². The topological polar surface area (TPSA) is 90.8 Å². The van der Waals surface area contributed by atoms with Crippen LogP contribution in [0.4, 0.5) is 4.79 Å². The summed E-state index contributed by atoms with van der Waals surface area (Å²) in [6.45, 7) is 2.47. The van der Waals surface area contributed by atoms with Crippen molar-refractivity contribution in [1.82, 2.24) is 19.4 Å². The van der Waals surface area contributed by atoms with Crippen molar-refractivity contribution < 1.29 is 10.3 Å². The van der Waals surface area contributed by atoms with Crippen molar-refractivity contribution in [3.8, 4) is 0 Å². The normalized spacial score (nSPS) is 24.8. The minimum atomic E-state index is -0.294. The molecule has 26 heavy (non-hydrogen) atoms. The number of hydrogen-bond donors (Lipinski definition) is 1. The van der Waals surface area contributed by atoms with Crippen molar-refractivity contribution in [3.63, 3.8) is 0 Å². The Balaban J connectivity index is 0.00000121. The van der Waals surface area contributed by atoms with Crippen LogP contribution in [0, 0.1) is 0 Å². The number of nitrogens with one attached hydrogen (secondary N) is 1. The van der Waals surface area contributed by atoms with Crippen molar-refractivity contribution in [2.45, 2.75) is 57.3 Å². The molecule has 2 unspecified atom stereocenters. The van der Waals surface area contributed by atoms with Gasteiger partial charge in [0.05, 0.1) is 11.0 Å². The van der Waals surface area contributed by atoms with E-state index in [9.17, 15) is 9.59 Å². The number of benzene rings is 1. The van der Waals surface area contributed by atoms with E-state index in [0.29, 0.717) is 24.1 Å². The van der Waals surface area contributed by atoms with E-state index in [2.05, 4.69) is 17.3 Å². The zero-order valence-corrected chi connectivity index (χ0v) is 16.0. The lowest BCUT2D eigenvalue weighted by Crippen LogP contribution is -2.50. The number of carbonyl (C=O) groups is 1. The number of aromatic nitrogens is 2. The van der Waals surface area contributed by atoms with E-state index >= 15 is 0 Å². The molecule has 1 amide bonds. The third-order valence-electron chi connectivity index (χ3n) is 5.78. The summed E-state index contributed by atoms with van der Waals surface area (Å²) in [5, 5.41) is 3.11. The van der Waals surface area contributed by atoms with Crippen LogP contribution < -0.4 is 11.0 Å². The Hall–Kier alpha value is -1.83. The van der Waals surface area contributed by atoms with Gasteiger partial charge in [0.1, 0.15) is 0 Å². The number of rotatable bonds is 2. The van der Waals surface area contributed by atoms with Gasteiger partial charge in [-0.25, -0.2) is 14.2 Å². The summed E-state index contributed by atoms with van der Waals surface area (Å²) >= 11 is 0. The smallest absolute Gasteiger partial charge is 0.337 e. The highest BCUT2D eigenvalue weighted by Gasteiger charge is 2.39. The van der Waals surface area contributed by atoms with E-state index in [4.69, 9.17) is 0 Å². The lowest BCUT2D eigenvalue weighted by Gasteiger charge is -2.36. The summed E-state index contributed by atoms with van der Waals surface area (Å²) < 4.78 is 2.94. The van der Waals surface area contributed by atoms with Gasteiger partial charge in [0, 0.05) is 24.7 Å². The Morgan fingerprint density at radius 2 is 1.73 bits per heavy atom. The first-order valence-corrected chi connectivity index (χ1v) is 8.83. The molecule has 2 saturated heterocycles. The monoisotopic (exact) mass is 382 g/mol. The van der Waals surface area contributed by atoms with Gasteiger partial charge in [0.25, 0.3) is 0 Å². The number of piperidine rings is 1. The van der Waals surface area contributed by atoms with Gasteiger partial charge in [-0.3, -0.25) is 4.57 Å². The number of carbonyl (C=O) groups excluding carboxylic acids is 1. The highest BCUT2D eigenvalue weighted by molar-refractivity contribution is 5.89. The molecule has 0 radical (unpaired) electrons. The molecule has 2 bridgehead atoms. The van der Waals surface area contributed by atoms with Crippen molar-refractivity contribution in [3.05, 3.63) is 34.7 Å². The van der Waals surface area contributed by atoms with E-state index in [0.717, 1.165) is 18.4 Å². The molecule has 3 N–H and O–H groups in total. The van der Waals surface area contributed by atoms with Crippen LogP contribution in [0.3, 0.4) is 0 Å². The second-order valence-electron chi connectivity index (χ2n) is 7.02. The van der Waals surface area contributed by atoms with Gasteiger partial charge >= 0.3 is 11.7 Å². The average Bonchev–Trinajstić information content (AvgIpc) is 2.95. The minimum Gasteiger partial charge on any atom is -0.412 e. The van der Waals surface area contributed by atoms with Gasteiger partial charge in [-0.1, -0.05) is 12.1 Å². The fourth-order valence-corrected chi connectivity index (χ4v) is 4.48. The molecule has 2 atom stereocenters. The molecule has 7 nitrogen and oxygen atoms in total. The lowest BCUT2D eigenvalue weighted by molar-refractivity contribution is 0.149. The molecular formula is C18H27ClN4O3. The Morgan fingerprint density at radius 3 is 2.31 bits per heavy atom. The predicted octanol–water partition coefficient (Wildman–Crippen LogP) is 1.60. The zero-order chi connectivity index (χ0) is 16.8. The molecular weight excluding hydrogens is 356 g/mol. The molecule has 0 spiro atoms. The average molecular weight is 383 g/mol. The van der Waals surface area contributed by atoms with Crippen LogP contribution in [0.2, 0.25) is 0 Å². The molecule has 2 aromatic rings. The first-order chi connectivity index (χ1) is 11.6. The maximum atomic E-state index is 12.8. The van der Waals surface area contributed by atoms with Crippen molar-refractivity contribution in [1.29, 1.82) is 0 Å². The van der Waals surface area contributed by atoms with Crippen molar-refractivity contribution >= 4 is 29.5 Å². The maximum absolute atomic E-state index is 12.8. The molecule has 144 valence electrons. The molecule has 2 aliphatic rings. The second-order valence-corrected chi connectivity index (χ2v) is 7.02. The first kappa shape index (κ1) is 20.5. The van der Waals surface area contributed by atoms with Gasteiger partial charge in [0.2, 0.25) is 0 Å². The summed E-state index contributed by atoms with van der Waals surface area (Å²) in [7, 11) is 2.18. The van der Waals surface area contributed by atoms with Crippen LogP contribution in [0.5, 0.6) is 0 Å². The number of imidazole rings is 1. The third kappa shape index (κ3) is 3.15. The maximum Gasteiger partial charge on any atom is 0.337 e. The number of amides is 1. The molecule has 2 fully saturated rings. The molecule has 0 saturated carbocycles. The van der Waals surface area contributed by atoms with Gasteiger partial charge in [-0.2, -0.15) is 0 Å². The van der Waals surface area contributed by atoms with E-state index in [-0.39, 0.29) is 35.6 Å². The van der Waals surface area contributed by atoms with Gasteiger partial charge in [-0.05, 0) is 51.8 Å². The Kier molecular flexibility index (Phi) is 6.16. The SMILES string of the molecule is CCn1c(=O)n(C(=O)NC2CC3CCC(C2)N3C)c2ccccc21.Cl.O. The van der Waals surface area contributed by atoms with E-state index in [1.807, 2.05) is 31.2 Å². The largest absolute Gasteiger partial charge is 0.412 e. The third-order valence-corrected chi connectivity index (χ3v) is 5.78. The summed E-state index contributed by atoms with van der Waals surface area (Å²) in [6, 6.07) is 8.46. The van der Waals surface area contributed by atoms with Crippen LogP contribution in [-0.4, -0.2) is 50.7 Å². The van der Waals surface area contributed by atoms with Crippen LogP contribution in [-0.2, 0) is 6.54 Å². The van der Waals surface area contributed by atoms with Gasteiger partial charge < -0.3 is 15.7 Å². The van der Waals surface area contributed by atoms with Crippen LogP contribution in [0.25, 0.3) is 11.0 Å². The second kappa shape index (κ2) is 7.82. The summed E-state index contributed by atoms with van der Waals surface area (Å²) in [5.74, 6) is 0. The molecule has 0 aliphatic carbocycles. The molecule has 1 aromatic heterocycles. The molecule has 2 aliphatic heterocycles. The molecule has 4 rings (SSSR count). The van der Waals surface area contributed by atoms with Crippen LogP contribution in [0.15, 0.2) is 29.1 Å². The van der Waals surface area contributed by atoms with Crippen molar-refractivity contribution in [2.75, 3.05) is 7.05 Å². The number of aryl methyl sites for hydroxylation is 1. The van der Waals surface area contributed by atoms with Gasteiger partial charge in [0.15, 0.2) is 0 Å². The highest BCUT2D eigenvalue weighted by Crippen LogP contribution is 2.34. The summed E-state index contributed by atoms with van der Waals surface area (Å²) in [4.78, 5) is 27.9. The standard InChI is InChI=1S/C18H24N4O2.ClH.H2O/c1-3-21-15-6-4-5-7-16(15)22(18(21)24)17(23)19-12-10-13-8-9-14(11-12)20(13)2;;/h4-7,12-14H,3,8-11H2,1-2H3,(H,19,23);1H;1H2. The number of halogens is 1. The number of hydrogen-bond acceptors (Lipinski definition) is 3. The fraction of sp³-hybridized carbons (Fsp3) is 0.556. The van der Waals surface area contributed by atoms with Gasteiger partial charge in [-0.15, -0.1) is 12.4 Å². The molecule has 8 heteroatoms. The minimum absolute atomic E-state index is 0. The molecule has 3 heterocycles. The van der Waals surface area contributed by atoms with Crippen molar-refractivity contribution in [2.24, 2.45) is 0 Å². The van der Waals surface area contributed by atoms with Crippen LogP contribution >= 0.6 is 12.4 Å².